The molecule has 10 heteroatoms. The van der Waals surface area contributed by atoms with Gasteiger partial charge in [-0.1, -0.05) is 24.3 Å². The summed E-state index contributed by atoms with van der Waals surface area (Å²) in [5.41, 5.74) is 0.693. The van der Waals surface area contributed by atoms with E-state index < -0.39 is 29.5 Å². The first-order valence-corrected chi connectivity index (χ1v) is 9.76. The normalized spacial score (nSPS) is 12.0. The van der Waals surface area contributed by atoms with E-state index in [-0.39, 0.29) is 22.1 Å². The zero-order valence-corrected chi connectivity index (χ0v) is 16.4. The van der Waals surface area contributed by atoms with Crippen LogP contribution in [0, 0.1) is 11.6 Å². The predicted molar refractivity (Wildman–Crippen MR) is 109 cm³/mol. The van der Waals surface area contributed by atoms with E-state index in [4.69, 9.17) is 0 Å². The van der Waals surface area contributed by atoms with Gasteiger partial charge in [0, 0.05) is 10.8 Å². The van der Waals surface area contributed by atoms with Crippen molar-refractivity contribution < 1.29 is 18.4 Å². The Hall–Kier alpha value is -3.66. The van der Waals surface area contributed by atoms with Crippen molar-refractivity contribution >= 4 is 39.2 Å². The second-order valence-electron chi connectivity index (χ2n) is 6.44. The molecule has 1 unspecified atom stereocenters. The summed E-state index contributed by atoms with van der Waals surface area (Å²) >= 11 is 1.02. The molecular weight excluding hydrogens is 412 g/mol. The molecule has 152 valence electrons. The Balaban J connectivity index is 1.44. The quantitative estimate of drug-likeness (QED) is 0.452. The molecule has 30 heavy (non-hydrogen) atoms. The molecule has 4 aromatic rings. The first kappa shape index (κ1) is 19.6. The van der Waals surface area contributed by atoms with E-state index in [0.717, 1.165) is 23.5 Å². The van der Waals surface area contributed by atoms with Crippen LogP contribution in [-0.4, -0.2) is 33.0 Å². The fraction of sp³-hybridized carbons (Fsp3) is 0.100. The summed E-state index contributed by atoms with van der Waals surface area (Å²) in [7, 11) is 0. The molecule has 0 aliphatic heterocycles. The van der Waals surface area contributed by atoms with Crippen molar-refractivity contribution in [3.05, 3.63) is 65.2 Å². The van der Waals surface area contributed by atoms with E-state index in [0.29, 0.717) is 10.9 Å². The van der Waals surface area contributed by atoms with Crippen LogP contribution in [0.15, 0.2) is 47.8 Å². The van der Waals surface area contributed by atoms with Crippen LogP contribution in [0.5, 0.6) is 0 Å². The Morgan fingerprint density at radius 3 is 2.60 bits per heavy atom. The molecule has 0 aliphatic carbocycles. The van der Waals surface area contributed by atoms with Gasteiger partial charge in [-0.15, -0.1) is 11.3 Å². The van der Waals surface area contributed by atoms with Crippen LogP contribution in [0.4, 0.5) is 13.9 Å². The van der Waals surface area contributed by atoms with Crippen molar-refractivity contribution in [1.82, 2.24) is 20.5 Å². The number of thiazole rings is 1. The van der Waals surface area contributed by atoms with Gasteiger partial charge in [-0.3, -0.25) is 14.7 Å². The highest BCUT2D eigenvalue weighted by atomic mass is 32.1. The number of hydrogen-bond acceptors (Lipinski definition) is 5. The number of fused-ring (bicyclic) bond motifs is 1. The first-order chi connectivity index (χ1) is 14.4. The fourth-order valence-electron chi connectivity index (χ4n) is 2.87. The number of halogens is 2. The summed E-state index contributed by atoms with van der Waals surface area (Å²) in [6, 6.07) is 9.75. The molecule has 2 heterocycles. The van der Waals surface area contributed by atoms with E-state index in [1.54, 1.807) is 18.2 Å². The highest BCUT2D eigenvalue weighted by molar-refractivity contribution is 7.14. The fourth-order valence-corrected chi connectivity index (χ4v) is 3.57. The molecule has 0 radical (unpaired) electrons. The molecule has 3 N–H and O–H groups in total. The van der Waals surface area contributed by atoms with Crippen LogP contribution in [0.3, 0.4) is 0 Å². The van der Waals surface area contributed by atoms with Gasteiger partial charge in [-0.25, -0.2) is 13.8 Å². The van der Waals surface area contributed by atoms with E-state index in [2.05, 4.69) is 25.8 Å². The number of nitrogens with zero attached hydrogens (tertiary/aromatic N) is 2. The minimum Gasteiger partial charge on any atom is -0.339 e. The largest absolute Gasteiger partial charge is 0.339 e. The lowest BCUT2D eigenvalue weighted by Gasteiger charge is -2.12. The molecule has 0 aliphatic rings. The molecule has 2 amide bonds. The third-order valence-electron chi connectivity index (χ3n) is 4.38. The number of para-hydroxylation sites is 1. The number of hydrogen-bond donors (Lipinski definition) is 3. The van der Waals surface area contributed by atoms with Crippen LogP contribution < -0.4 is 10.6 Å². The molecule has 7 nitrogen and oxygen atoms in total. The zero-order chi connectivity index (χ0) is 21.3. The second-order valence-corrected chi connectivity index (χ2v) is 7.29. The lowest BCUT2D eigenvalue weighted by Crippen LogP contribution is -2.41. The molecule has 0 bridgehead atoms. The van der Waals surface area contributed by atoms with Crippen LogP contribution >= 0.6 is 11.3 Å². The van der Waals surface area contributed by atoms with E-state index in [1.807, 2.05) is 6.07 Å². The molecule has 0 spiro atoms. The van der Waals surface area contributed by atoms with Gasteiger partial charge in [0.25, 0.3) is 5.91 Å². The Kier molecular flexibility index (Phi) is 5.23. The van der Waals surface area contributed by atoms with Crippen molar-refractivity contribution in [2.24, 2.45) is 0 Å². The van der Waals surface area contributed by atoms with Crippen molar-refractivity contribution in [2.45, 2.75) is 13.0 Å². The van der Waals surface area contributed by atoms with Gasteiger partial charge in [-0.2, -0.15) is 5.10 Å². The Bertz CT molecular complexity index is 1230. The number of aromatic amines is 1. The number of H-pyrrole nitrogens is 1. The average Bonchev–Trinajstić information content (AvgIpc) is 3.35. The smallest absolute Gasteiger partial charge is 0.273 e. The SMILES string of the molecule is CC(NC(=O)c1n[nH]c2ccccc12)C(=O)Nc1nc(-c2c(F)cccc2F)cs1. The predicted octanol–water partition coefficient (Wildman–Crippen LogP) is 3.72. The van der Waals surface area contributed by atoms with Crippen LogP contribution in [0.1, 0.15) is 17.4 Å². The second kappa shape index (κ2) is 7.99. The van der Waals surface area contributed by atoms with Gasteiger partial charge in [0.1, 0.15) is 17.7 Å². The molecule has 0 saturated heterocycles. The van der Waals surface area contributed by atoms with E-state index in [9.17, 15) is 18.4 Å². The molecule has 2 aromatic heterocycles. The van der Waals surface area contributed by atoms with Crippen molar-refractivity contribution in [1.29, 1.82) is 0 Å². The lowest BCUT2D eigenvalue weighted by atomic mass is 10.1. The zero-order valence-electron chi connectivity index (χ0n) is 15.6. The maximum atomic E-state index is 13.9. The third-order valence-corrected chi connectivity index (χ3v) is 5.14. The minimum absolute atomic E-state index is 0.0746. The van der Waals surface area contributed by atoms with Gasteiger partial charge in [0.15, 0.2) is 10.8 Å². The van der Waals surface area contributed by atoms with Crippen molar-refractivity contribution in [2.75, 3.05) is 5.32 Å². The van der Waals surface area contributed by atoms with Gasteiger partial charge >= 0.3 is 0 Å². The molecule has 0 fully saturated rings. The van der Waals surface area contributed by atoms with E-state index in [1.165, 1.54) is 18.4 Å². The number of anilines is 1. The van der Waals surface area contributed by atoms with Gasteiger partial charge in [0.05, 0.1) is 16.8 Å². The number of rotatable bonds is 5. The number of nitrogens with one attached hydrogen (secondary N) is 3. The third kappa shape index (κ3) is 3.77. The molecule has 0 saturated carbocycles. The van der Waals surface area contributed by atoms with Crippen molar-refractivity contribution in [3.63, 3.8) is 0 Å². The highest BCUT2D eigenvalue weighted by Crippen LogP contribution is 2.29. The summed E-state index contributed by atoms with van der Waals surface area (Å²) in [5.74, 6) is -2.53. The van der Waals surface area contributed by atoms with Gasteiger partial charge in [0.2, 0.25) is 5.91 Å². The molecule has 4 rings (SSSR count). The average molecular weight is 427 g/mol. The summed E-state index contributed by atoms with van der Waals surface area (Å²) in [6.45, 7) is 1.51. The van der Waals surface area contributed by atoms with Gasteiger partial charge in [-0.05, 0) is 25.1 Å². The van der Waals surface area contributed by atoms with Gasteiger partial charge < -0.3 is 10.6 Å². The maximum Gasteiger partial charge on any atom is 0.273 e. The van der Waals surface area contributed by atoms with E-state index >= 15 is 0 Å². The molecule has 2 aromatic carbocycles. The number of benzene rings is 2. The summed E-state index contributed by atoms with van der Waals surface area (Å²) in [5, 5.41) is 14.1. The molecule has 1 atom stereocenters. The summed E-state index contributed by atoms with van der Waals surface area (Å²) in [6.07, 6.45) is 0. The Morgan fingerprint density at radius 2 is 1.83 bits per heavy atom. The topological polar surface area (TPSA) is 99.8 Å². The highest BCUT2D eigenvalue weighted by Gasteiger charge is 2.21. The van der Waals surface area contributed by atoms with Crippen LogP contribution in [0.25, 0.3) is 22.2 Å². The summed E-state index contributed by atoms with van der Waals surface area (Å²) < 4.78 is 27.8. The van der Waals surface area contributed by atoms with Crippen LogP contribution in [-0.2, 0) is 4.79 Å². The number of aromatic nitrogens is 3. The maximum absolute atomic E-state index is 13.9. The monoisotopic (exact) mass is 427 g/mol. The first-order valence-electron chi connectivity index (χ1n) is 8.89. The molecular formula is C20H15F2N5O2S. The van der Waals surface area contributed by atoms with Crippen LogP contribution in [0.2, 0.25) is 0 Å². The number of carbonyl (C=O) groups is 2. The summed E-state index contributed by atoms with van der Waals surface area (Å²) in [4.78, 5) is 29.0. The Morgan fingerprint density at radius 1 is 1.10 bits per heavy atom. The standard InChI is InChI=1S/C20H15F2N5O2S/c1-10(23-19(29)17-11-5-2-3-8-14(11)26-27-17)18(28)25-20-24-15(9-30-20)16-12(21)6-4-7-13(16)22/h2-10H,1H3,(H,23,29)(H,26,27)(H,24,25,28). The lowest BCUT2D eigenvalue weighted by molar-refractivity contribution is -0.117. The number of carbonyl (C=O) groups excluding carboxylic acids is 2. The van der Waals surface area contributed by atoms with Crippen molar-refractivity contribution in [3.8, 4) is 11.3 Å². The minimum atomic E-state index is -0.898. The Labute approximate surface area is 173 Å². The number of amides is 2.